The van der Waals surface area contributed by atoms with Crippen molar-refractivity contribution in [1.29, 1.82) is 0 Å². The van der Waals surface area contributed by atoms with E-state index in [1.807, 2.05) is 13.8 Å². The highest BCUT2D eigenvalue weighted by molar-refractivity contribution is 7.89. The second-order valence-corrected chi connectivity index (χ2v) is 5.47. The van der Waals surface area contributed by atoms with E-state index in [9.17, 15) is 8.42 Å². The van der Waals surface area contributed by atoms with Crippen LogP contribution in [0, 0.1) is 6.92 Å². The summed E-state index contributed by atoms with van der Waals surface area (Å²) in [5, 5.41) is 0.263. The van der Waals surface area contributed by atoms with Crippen LogP contribution in [0.4, 0.5) is 0 Å². The number of aryl methyl sites for hydroxylation is 1. The van der Waals surface area contributed by atoms with E-state index in [0.29, 0.717) is 6.54 Å². The van der Waals surface area contributed by atoms with Crippen molar-refractivity contribution in [3.8, 4) is 0 Å². The number of nitrogens with one attached hydrogen (secondary N) is 1. The fourth-order valence-corrected chi connectivity index (χ4v) is 2.87. The van der Waals surface area contributed by atoms with Crippen LogP contribution in [0.15, 0.2) is 23.1 Å². The van der Waals surface area contributed by atoms with E-state index in [-0.39, 0.29) is 9.92 Å². The van der Waals surface area contributed by atoms with Crippen LogP contribution in [-0.4, -0.2) is 15.0 Å². The quantitative estimate of drug-likeness (QED) is 0.888. The lowest BCUT2D eigenvalue weighted by molar-refractivity contribution is 0.581. The zero-order valence-electron chi connectivity index (χ0n) is 8.75. The van der Waals surface area contributed by atoms with E-state index in [4.69, 9.17) is 11.6 Å². The molecule has 0 bridgehead atoms. The summed E-state index contributed by atoms with van der Waals surface area (Å²) in [6.45, 7) is 4.19. The average Bonchev–Trinajstić information content (AvgIpc) is 2.14. The molecular weight excluding hydrogens is 234 g/mol. The van der Waals surface area contributed by atoms with Crippen molar-refractivity contribution in [2.24, 2.45) is 0 Å². The highest BCUT2D eigenvalue weighted by atomic mass is 35.5. The Bertz CT molecular complexity index is 443. The van der Waals surface area contributed by atoms with Gasteiger partial charge < -0.3 is 0 Å². The van der Waals surface area contributed by atoms with Crippen LogP contribution < -0.4 is 4.72 Å². The zero-order valence-corrected chi connectivity index (χ0v) is 10.3. The molecule has 3 nitrogen and oxygen atoms in total. The minimum atomic E-state index is -3.45. The van der Waals surface area contributed by atoms with Gasteiger partial charge in [-0.25, -0.2) is 13.1 Å². The lowest BCUT2D eigenvalue weighted by atomic mass is 10.2. The minimum Gasteiger partial charge on any atom is -0.211 e. The molecule has 0 aliphatic rings. The number of benzene rings is 1. The maximum absolute atomic E-state index is 11.7. The zero-order chi connectivity index (χ0) is 11.5. The maximum atomic E-state index is 11.7. The molecular formula is C10H14ClNO2S. The summed E-state index contributed by atoms with van der Waals surface area (Å²) in [6.07, 6.45) is 0.753. The molecule has 0 unspecified atom stereocenters. The van der Waals surface area contributed by atoms with Crippen LogP contribution >= 0.6 is 11.6 Å². The Morgan fingerprint density at radius 1 is 1.40 bits per heavy atom. The lowest BCUT2D eigenvalue weighted by Gasteiger charge is -2.07. The second kappa shape index (κ2) is 4.96. The molecule has 1 aromatic rings. The first-order chi connectivity index (χ1) is 6.97. The Kier molecular flexibility index (Phi) is 4.13. The molecule has 1 N–H and O–H groups in total. The van der Waals surface area contributed by atoms with Crippen LogP contribution in [-0.2, 0) is 10.0 Å². The summed E-state index contributed by atoms with van der Waals surface area (Å²) in [4.78, 5) is 0.142. The Balaban J connectivity index is 3.05. The first kappa shape index (κ1) is 12.5. The normalized spacial score (nSPS) is 11.7. The molecule has 0 amide bonds. The van der Waals surface area contributed by atoms with Gasteiger partial charge in [-0.15, -0.1) is 0 Å². The molecule has 0 heterocycles. The van der Waals surface area contributed by atoms with Crippen molar-refractivity contribution in [2.75, 3.05) is 6.54 Å². The molecule has 84 valence electrons. The number of hydrogen-bond acceptors (Lipinski definition) is 2. The monoisotopic (exact) mass is 247 g/mol. The van der Waals surface area contributed by atoms with Gasteiger partial charge in [-0.05, 0) is 31.0 Å². The van der Waals surface area contributed by atoms with Crippen molar-refractivity contribution in [3.05, 3.63) is 28.8 Å². The molecule has 0 saturated carbocycles. The smallest absolute Gasteiger partial charge is 0.211 e. The molecule has 0 spiro atoms. The molecule has 1 aromatic carbocycles. The van der Waals surface area contributed by atoms with Crippen molar-refractivity contribution in [3.63, 3.8) is 0 Å². The fourth-order valence-electron chi connectivity index (χ4n) is 1.14. The number of sulfonamides is 1. The molecule has 1 rings (SSSR count). The van der Waals surface area contributed by atoms with Gasteiger partial charge in [0.05, 0.1) is 5.02 Å². The third-order valence-corrected chi connectivity index (χ3v) is 3.86. The third kappa shape index (κ3) is 3.19. The summed E-state index contributed by atoms with van der Waals surface area (Å²) in [7, 11) is -3.45. The van der Waals surface area contributed by atoms with Gasteiger partial charge in [-0.3, -0.25) is 0 Å². The van der Waals surface area contributed by atoms with Gasteiger partial charge in [0.2, 0.25) is 10.0 Å². The largest absolute Gasteiger partial charge is 0.242 e. The Labute approximate surface area is 95.5 Å². The highest BCUT2D eigenvalue weighted by Gasteiger charge is 2.16. The fraction of sp³-hybridized carbons (Fsp3) is 0.400. The van der Waals surface area contributed by atoms with E-state index >= 15 is 0 Å². The SMILES string of the molecule is CCCNS(=O)(=O)c1ccc(C)cc1Cl. The van der Waals surface area contributed by atoms with E-state index in [2.05, 4.69) is 4.72 Å². The molecule has 0 atom stereocenters. The number of rotatable bonds is 4. The van der Waals surface area contributed by atoms with E-state index < -0.39 is 10.0 Å². The Hall–Kier alpha value is -0.580. The van der Waals surface area contributed by atoms with Gasteiger partial charge in [-0.2, -0.15) is 0 Å². The van der Waals surface area contributed by atoms with Crippen LogP contribution in [0.25, 0.3) is 0 Å². The lowest BCUT2D eigenvalue weighted by Crippen LogP contribution is -2.24. The molecule has 0 aliphatic carbocycles. The predicted molar refractivity (Wildman–Crippen MR) is 61.7 cm³/mol. The van der Waals surface area contributed by atoms with Gasteiger partial charge in [-0.1, -0.05) is 24.6 Å². The predicted octanol–water partition coefficient (Wildman–Crippen LogP) is 2.34. The van der Waals surface area contributed by atoms with E-state index in [0.717, 1.165) is 12.0 Å². The third-order valence-electron chi connectivity index (χ3n) is 1.92. The van der Waals surface area contributed by atoms with Crippen LogP contribution in [0.5, 0.6) is 0 Å². The summed E-state index contributed by atoms with van der Waals surface area (Å²) < 4.78 is 25.9. The van der Waals surface area contributed by atoms with Crippen molar-refractivity contribution in [2.45, 2.75) is 25.2 Å². The second-order valence-electron chi connectivity index (χ2n) is 3.33. The molecule has 0 aliphatic heterocycles. The topological polar surface area (TPSA) is 46.2 Å². The van der Waals surface area contributed by atoms with E-state index in [1.54, 1.807) is 12.1 Å². The average molecular weight is 248 g/mol. The maximum Gasteiger partial charge on any atom is 0.242 e. The summed E-state index contributed by atoms with van der Waals surface area (Å²) in [5.41, 5.74) is 0.939. The molecule has 0 radical (unpaired) electrons. The number of halogens is 1. The summed E-state index contributed by atoms with van der Waals surface area (Å²) in [5.74, 6) is 0. The van der Waals surface area contributed by atoms with Crippen LogP contribution in [0.1, 0.15) is 18.9 Å². The Morgan fingerprint density at radius 2 is 2.07 bits per heavy atom. The number of hydrogen-bond donors (Lipinski definition) is 1. The van der Waals surface area contributed by atoms with Crippen molar-refractivity contribution < 1.29 is 8.42 Å². The molecule has 15 heavy (non-hydrogen) atoms. The molecule has 0 fully saturated rings. The summed E-state index contributed by atoms with van der Waals surface area (Å²) >= 11 is 5.87. The highest BCUT2D eigenvalue weighted by Crippen LogP contribution is 2.21. The van der Waals surface area contributed by atoms with Crippen LogP contribution in [0.3, 0.4) is 0 Å². The van der Waals surface area contributed by atoms with Gasteiger partial charge in [0, 0.05) is 6.54 Å². The van der Waals surface area contributed by atoms with Gasteiger partial charge >= 0.3 is 0 Å². The van der Waals surface area contributed by atoms with Crippen molar-refractivity contribution >= 4 is 21.6 Å². The van der Waals surface area contributed by atoms with Crippen LogP contribution in [0.2, 0.25) is 5.02 Å². The molecule has 5 heteroatoms. The molecule has 0 aromatic heterocycles. The van der Waals surface area contributed by atoms with Gasteiger partial charge in [0.25, 0.3) is 0 Å². The molecule has 0 saturated heterocycles. The van der Waals surface area contributed by atoms with E-state index in [1.165, 1.54) is 6.07 Å². The van der Waals surface area contributed by atoms with Gasteiger partial charge in [0.15, 0.2) is 0 Å². The standard InChI is InChI=1S/C10H14ClNO2S/c1-3-6-12-15(13,14)10-5-4-8(2)7-9(10)11/h4-5,7,12H,3,6H2,1-2H3. The Morgan fingerprint density at radius 3 is 2.60 bits per heavy atom. The van der Waals surface area contributed by atoms with Crippen molar-refractivity contribution in [1.82, 2.24) is 4.72 Å². The first-order valence-corrected chi connectivity index (χ1v) is 6.59. The minimum absolute atomic E-state index is 0.142. The van der Waals surface area contributed by atoms with Gasteiger partial charge in [0.1, 0.15) is 4.90 Å². The first-order valence-electron chi connectivity index (χ1n) is 4.73. The summed E-state index contributed by atoms with van der Waals surface area (Å²) in [6, 6.07) is 4.89.